The summed E-state index contributed by atoms with van der Waals surface area (Å²) in [6, 6.07) is 0. The van der Waals surface area contributed by atoms with E-state index in [2.05, 4.69) is 37.6 Å². The summed E-state index contributed by atoms with van der Waals surface area (Å²) in [5, 5.41) is 0. The average molecular weight is 263 g/mol. The summed E-state index contributed by atoms with van der Waals surface area (Å²) < 4.78 is 0.834. The van der Waals surface area contributed by atoms with Crippen molar-refractivity contribution in [3.05, 3.63) is 20.3 Å². The number of halogens is 1. The van der Waals surface area contributed by atoms with E-state index in [1.54, 1.807) is 13.1 Å². The topological polar surface area (TPSA) is 58.1 Å². The van der Waals surface area contributed by atoms with Gasteiger partial charge in [-0.1, -0.05) is 0 Å². The van der Waals surface area contributed by atoms with Crippen molar-refractivity contribution in [2.24, 2.45) is 4.99 Å². The molecule has 1 rings (SSSR count). The van der Waals surface area contributed by atoms with Crippen LogP contribution in [0.25, 0.3) is 0 Å². The molecule has 58 valence electrons. The predicted molar refractivity (Wildman–Crippen MR) is 51.4 cm³/mol. The zero-order valence-corrected chi connectivity index (χ0v) is 7.99. The number of aliphatic imine (C=N–C) groups is 1. The van der Waals surface area contributed by atoms with Gasteiger partial charge in [-0.25, -0.2) is 14.8 Å². The predicted octanol–water partition coefficient (Wildman–Crippen LogP) is 1.10. The summed E-state index contributed by atoms with van der Waals surface area (Å²) in [5.74, 6) is 0.563. The summed E-state index contributed by atoms with van der Waals surface area (Å²) in [7, 11) is 0. The molecule has 0 radical (unpaired) electrons. The lowest BCUT2D eigenvalue weighted by Crippen LogP contribution is -2.09. The molecule has 0 atom stereocenters. The number of hydrogen-bond acceptors (Lipinski definition) is 3. The minimum absolute atomic E-state index is 0.369. The van der Waals surface area contributed by atoms with Crippen LogP contribution in [0.2, 0.25) is 0 Å². The van der Waals surface area contributed by atoms with Crippen LogP contribution in [-0.2, 0) is 0 Å². The zero-order chi connectivity index (χ0) is 8.27. The van der Waals surface area contributed by atoms with E-state index in [0.717, 1.165) is 3.57 Å². The van der Waals surface area contributed by atoms with Crippen molar-refractivity contribution < 1.29 is 0 Å². The number of aromatic nitrogens is 2. The first kappa shape index (κ1) is 8.38. The Hall–Kier alpha value is -0.720. The van der Waals surface area contributed by atoms with Gasteiger partial charge in [0.05, 0.1) is 3.57 Å². The molecule has 0 aliphatic heterocycles. The molecule has 0 aliphatic carbocycles. The average Bonchev–Trinajstić information content (AvgIpc) is 1.98. The molecule has 5 heteroatoms. The van der Waals surface area contributed by atoms with E-state index in [1.165, 1.54) is 6.20 Å². The van der Waals surface area contributed by atoms with E-state index in [4.69, 9.17) is 0 Å². The first-order valence-corrected chi connectivity index (χ1v) is 4.05. The van der Waals surface area contributed by atoms with Gasteiger partial charge in [-0.05, 0) is 29.5 Å². The van der Waals surface area contributed by atoms with E-state index < -0.39 is 0 Å². The van der Waals surface area contributed by atoms with Crippen LogP contribution in [0.15, 0.2) is 16.0 Å². The number of nitrogens with zero attached hydrogens (tertiary/aromatic N) is 2. The molecule has 1 N–H and O–H groups in total. The molecule has 0 unspecified atom stereocenters. The Morgan fingerprint density at radius 1 is 1.82 bits per heavy atom. The molecule has 0 fully saturated rings. The first-order valence-electron chi connectivity index (χ1n) is 2.97. The minimum atomic E-state index is -0.369. The van der Waals surface area contributed by atoms with Crippen molar-refractivity contribution in [3.63, 3.8) is 0 Å². The number of hydrogen-bond donors (Lipinski definition) is 1. The highest BCUT2D eigenvalue weighted by Gasteiger charge is 1.96. The molecule has 11 heavy (non-hydrogen) atoms. The third-order valence-electron chi connectivity index (χ3n) is 1.00. The van der Waals surface area contributed by atoms with E-state index in [9.17, 15) is 4.79 Å². The van der Waals surface area contributed by atoms with Gasteiger partial charge in [-0.15, -0.1) is 0 Å². The lowest BCUT2D eigenvalue weighted by Gasteiger charge is -1.93. The second kappa shape index (κ2) is 3.61. The number of rotatable bonds is 1. The van der Waals surface area contributed by atoms with E-state index in [-0.39, 0.29) is 5.69 Å². The highest BCUT2D eigenvalue weighted by atomic mass is 127. The number of H-pyrrole nitrogens is 1. The lowest BCUT2D eigenvalue weighted by molar-refractivity contribution is 1.05. The maximum absolute atomic E-state index is 10.7. The summed E-state index contributed by atoms with van der Waals surface area (Å²) in [5.41, 5.74) is -0.369. The van der Waals surface area contributed by atoms with E-state index in [1.807, 2.05) is 0 Å². The Kier molecular flexibility index (Phi) is 2.75. The second-order valence-electron chi connectivity index (χ2n) is 1.77. The van der Waals surface area contributed by atoms with Crippen molar-refractivity contribution in [1.82, 2.24) is 9.97 Å². The molecule has 0 aromatic carbocycles. The van der Waals surface area contributed by atoms with Crippen molar-refractivity contribution in [2.45, 2.75) is 6.92 Å². The fraction of sp³-hybridized carbons (Fsp3) is 0.167. The van der Waals surface area contributed by atoms with E-state index in [0.29, 0.717) is 5.82 Å². The molecule has 1 heterocycles. The summed E-state index contributed by atoms with van der Waals surface area (Å²) >= 11 is 2.05. The minimum Gasteiger partial charge on any atom is -0.290 e. The molecule has 0 saturated carbocycles. The van der Waals surface area contributed by atoms with Crippen molar-refractivity contribution in [1.29, 1.82) is 0 Å². The third-order valence-corrected chi connectivity index (χ3v) is 1.79. The largest absolute Gasteiger partial charge is 0.346 e. The smallest absolute Gasteiger partial charge is 0.290 e. The van der Waals surface area contributed by atoms with Crippen molar-refractivity contribution in [3.8, 4) is 0 Å². The molecule has 1 aromatic rings. The molecule has 0 amide bonds. The number of aromatic amines is 1. The third kappa shape index (κ3) is 2.11. The lowest BCUT2D eigenvalue weighted by atomic mass is 10.6. The Morgan fingerprint density at radius 2 is 2.55 bits per heavy atom. The van der Waals surface area contributed by atoms with Gasteiger partial charge in [0.1, 0.15) is 5.82 Å². The van der Waals surface area contributed by atoms with Crippen LogP contribution >= 0.6 is 22.6 Å². The monoisotopic (exact) mass is 263 g/mol. The standard InChI is InChI=1S/C6H6IN3O/c1-2-8-5-4(7)3-9-6(11)10-5/h2-3H,1H3,(H,9,10,11). The molecule has 0 bridgehead atoms. The van der Waals surface area contributed by atoms with Gasteiger partial charge in [-0.2, -0.15) is 0 Å². The highest BCUT2D eigenvalue weighted by Crippen LogP contribution is 2.13. The molecular weight excluding hydrogens is 257 g/mol. The molecule has 0 spiro atoms. The maximum atomic E-state index is 10.7. The van der Waals surface area contributed by atoms with Crippen LogP contribution in [0.3, 0.4) is 0 Å². The fourth-order valence-electron chi connectivity index (χ4n) is 0.593. The van der Waals surface area contributed by atoms with Gasteiger partial charge in [0.15, 0.2) is 0 Å². The van der Waals surface area contributed by atoms with Crippen LogP contribution < -0.4 is 5.69 Å². The molecule has 0 saturated heterocycles. The summed E-state index contributed by atoms with van der Waals surface area (Å²) in [6.45, 7) is 1.79. The van der Waals surface area contributed by atoms with Gasteiger partial charge in [0.2, 0.25) is 0 Å². The van der Waals surface area contributed by atoms with Crippen molar-refractivity contribution in [2.75, 3.05) is 0 Å². The van der Waals surface area contributed by atoms with Crippen LogP contribution in [-0.4, -0.2) is 16.2 Å². The summed E-state index contributed by atoms with van der Waals surface area (Å²) in [6.07, 6.45) is 3.11. The fourth-order valence-corrected chi connectivity index (χ4v) is 1.01. The Labute approximate surface area is 76.9 Å². The molecular formula is C6H6IN3O. The zero-order valence-electron chi connectivity index (χ0n) is 5.84. The number of nitrogens with one attached hydrogen (secondary N) is 1. The SMILES string of the molecule is CC=Nc1[nH]c(=O)ncc1I. The molecule has 4 nitrogen and oxygen atoms in total. The van der Waals surface area contributed by atoms with Gasteiger partial charge in [0, 0.05) is 12.4 Å². The Morgan fingerprint density at radius 3 is 3.18 bits per heavy atom. The van der Waals surface area contributed by atoms with Gasteiger partial charge in [-0.3, -0.25) is 4.98 Å². The highest BCUT2D eigenvalue weighted by molar-refractivity contribution is 14.1. The molecule has 0 aliphatic rings. The summed E-state index contributed by atoms with van der Waals surface area (Å²) in [4.78, 5) is 20.6. The van der Waals surface area contributed by atoms with Gasteiger partial charge < -0.3 is 0 Å². The Bertz CT molecular complexity index is 331. The Balaban J connectivity index is 3.23. The maximum Gasteiger partial charge on any atom is 0.346 e. The van der Waals surface area contributed by atoms with Gasteiger partial charge in [0.25, 0.3) is 0 Å². The van der Waals surface area contributed by atoms with Crippen molar-refractivity contribution >= 4 is 34.6 Å². The quantitative estimate of drug-likeness (QED) is 0.609. The van der Waals surface area contributed by atoms with Gasteiger partial charge >= 0.3 is 5.69 Å². The van der Waals surface area contributed by atoms with Crippen LogP contribution in [0.5, 0.6) is 0 Å². The van der Waals surface area contributed by atoms with Crippen LogP contribution in [0, 0.1) is 3.57 Å². The van der Waals surface area contributed by atoms with Crippen LogP contribution in [0.1, 0.15) is 6.92 Å². The molecule has 1 aromatic heterocycles. The van der Waals surface area contributed by atoms with E-state index >= 15 is 0 Å². The van der Waals surface area contributed by atoms with Crippen LogP contribution in [0.4, 0.5) is 5.82 Å². The normalized spacial score (nSPS) is 10.7. The first-order chi connectivity index (χ1) is 5.24. The second-order valence-corrected chi connectivity index (χ2v) is 2.93.